The summed E-state index contributed by atoms with van der Waals surface area (Å²) in [6, 6.07) is 23.6. The summed E-state index contributed by atoms with van der Waals surface area (Å²) in [5.74, 6) is -1.25. The highest BCUT2D eigenvalue weighted by Crippen LogP contribution is 2.27. The smallest absolute Gasteiger partial charge is 0.241 e. The molecule has 0 aliphatic carbocycles. The summed E-state index contributed by atoms with van der Waals surface area (Å²) in [6.45, 7) is 0.822. The molecule has 0 radical (unpaired) electrons. The summed E-state index contributed by atoms with van der Waals surface area (Å²) in [4.78, 5) is 32.6. The van der Waals surface area contributed by atoms with E-state index in [0.29, 0.717) is 24.1 Å². The minimum Gasteiger partial charge on any atom is -0.497 e. The lowest BCUT2D eigenvalue weighted by Crippen LogP contribution is -2.53. The van der Waals surface area contributed by atoms with Crippen LogP contribution < -0.4 is 14.8 Å². The van der Waals surface area contributed by atoms with Crippen molar-refractivity contribution in [1.82, 2.24) is 19.9 Å². The first-order chi connectivity index (χ1) is 20.8. The lowest BCUT2D eigenvalue weighted by molar-refractivity contribution is -0.135. The van der Waals surface area contributed by atoms with E-state index in [1.165, 1.54) is 25.4 Å². The van der Waals surface area contributed by atoms with Gasteiger partial charge in [0.1, 0.15) is 23.6 Å². The fourth-order valence-electron chi connectivity index (χ4n) is 5.22. The fraction of sp³-hybridized carbons (Fsp3) is 0.250. The summed E-state index contributed by atoms with van der Waals surface area (Å²) >= 11 is 0. The molecule has 220 valence electrons. The molecule has 5 rings (SSSR count). The van der Waals surface area contributed by atoms with Crippen LogP contribution in [0.3, 0.4) is 0 Å². The number of pyridine rings is 1. The monoisotopic (exact) mass is 597 g/mol. The van der Waals surface area contributed by atoms with Crippen molar-refractivity contribution in [2.75, 3.05) is 20.2 Å². The summed E-state index contributed by atoms with van der Waals surface area (Å²) < 4.78 is 35.2. The van der Waals surface area contributed by atoms with Crippen molar-refractivity contribution in [1.29, 1.82) is 5.26 Å². The quantitative estimate of drug-likeness (QED) is 0.271. The molecule has 2 heterocycles. The number of sulfonamides is 1. The van der Waals surface area contributed by atoms with Gasteiger partial charge in [0.25, 0.3) is 0 Å². The molecule has 11 heteroatoms. The molecule has 2 atom stereocenters. The van der Waals surface area contributed by atoms with Gasteiger partial charge in [0, 0.05) is 25.8 Å². The molecule has 2 amide bonds. The van der Waals surface area contributed by atoms with Crippen molar-refractivity contribution in [3.63, 3.8) is 0 Å². The van der Waals surface area contributed by atoms with E-state index in [2.05, 4.69) is 15.0 Å². The Balaban J connectivity index is 1.38. The zero-order valence-corrected chi connectivity index (χ0v) is 24.4. The number of nitriles is 1. The Hall–Kier alpha value is -4.79. The number of nitrogens with one attached hydrogen (secondary N) is 2. The van der Waals surface area contributed by atoms with Crippen molar-refractivity contribution >= 4 is 32.6 Å². The van der Waals surface area contributed by atoms with Crippen molar-refractivity contribution in [2.45, 2.75) is 30.3 Å². The van der Waals surface area contributed by atoms with E-state index in [4.69, 9.17) is 4.74 Å². The number of benzene rings is 3. The van der Waals surface area contributed by atoms with Gasteiger partial charge in [-0.2, -0.15) is 9.98 Å². The van der Waals surface area contributed by atoms with Gasteiger partial charge in [0.15, 0.2) is 0 Å². The van der Waals surface area contributed by atoms with Crippen molar-refractivity contribution in [3.05, 3.63) is 102 Å². The number of carbonyl (C=O) groups excluding carboxylic acids is 2. The highest BCUT2D eigenvalue weighted by molar-refractivity contribution is 7.89. The number of ether oxygens (including phenoxy) is 1. The van der Waals surface area contributed by atoms with E-state index in [-0.39, 0.29) is 36.0 Å². The second kappa shape index (κ2) is 13.0. The molecule has 3 aromatic carbocycles. The number of methoxy groups -OCH3 is 1. The predicted octanol–water partition coefficient (Wildman–Crippen LogP) is 3.17. The maximum absolute atomic E-state index is 13.7. The molecule has 2 N–H and O–H groups in total. The number of fused-ring (bicyclic) bond motifs is 1. The molecular formula is C32H31N5O5S. The van der Waals surface area contributed by atoms with Gasteiger partial charge in [-0.15, -0.1) is 0 Å². The second-order valence-electron chi connectivity index (χ2n) is 10.3. The van der Waals surface area contributed by atoms with Crippen LogP contribution in [0.25, 0.3) is 10.8 Å². The number of hydrogen-bond donors (Lipinski definition) is 2. The van der Waals surface area contributed by atoms with E-state index in [9.17, 15) is 23.3 Å². The van der Waals surface area contributed by atoms with Crippen LogP contribution in [0.4, 0.5) is 0 Å². The Morgan fingerprint density at radius 3 is 2.63 bits per heavy atom. The van der Waals surface area contributed by atoms with Gasteiger partial charge in [-0.05, 0) is 71.1 Å². The highest BCUT2D eigenvalue weighted by Gasteiger charge is 2.42. The number of aromatic nitrogens is 1. The Kier molecular flexibility index (Phi) is 8.99. The van der Waals surface area contributed by atoms with E-state index in [1.807, 2.05) is 42.5 Å². The minimum absolute atomic E-state index is 0.0292. The summed E-state index contributed by atoms with van der Waals surface area (Å²) in [5, 5.41) is 13.5. The van der Waals surface area contributed by atoms with Gasteiger partial charge in [-0.25, -0.2) is 13.4 Å². The van der Waals surface area contributed by atoms with Crippen LogP contribution in [0.2, 0.25) is 0 Å². The topological polar surface area (TPSA) is 141 Å². The normalized spacial score (nSPS) is 15.7. The lowest BCUT2D eigenvalue weighted by Gasteiger charge is -2.24. The van der Waals surface area contributed by atoms with Crippen LogP contribution in [0.1, 0.15) is 23.2 Å². The zero-order chi connectivity index (χ0) is 30.4. The van der Waals surface area contributed by atoms with E-state index < -0.39 is 27.9 Å². The third kappa shape index (κ3) is 6.99. The number of likely N-dealkylation sites (tertiary alicyclic amines) is 1. The Bertz CT molecular complexity index is 1790. The molecule has 1 saturated heterocycles. The van der Waals surface area contributed by atoms with Crippen LogP contribution in [-0.2, 0) is 32.6 Å². The average Bonchev–Trinajstić information content (AvgIpc) is 3.38. The molecule has 1 aromatic heterocycles. The Morgan fingerprint density at radius 1 is 1.07 bits per heavy atom. The SMILES string of the molecule is COc1ccc2ccc(S(=O)(=O)NC(C(=O)NCCc3ccccc3)[C@@H]3CCN(Cc4ccnc(C#N)c4)C3=O)cc2c1. The highest BCUT2D eigenvalue weighted by atomic mass is 32.2. The lowest BCUT2D eigenvalue weighted by atomic mass is 9.98. The van der Waals surface area contributed by atoms with Crippen molar-refractivity contribution in [2.24, 2.45) is 5.92 Å². The molecule has 0 saturated carbocycles. The third-order valence-electron chi connectivity index (χ3n) is 7.50. The van der Waals surface area contributed by atoms with Crippen molar-refractivity contribution in [3.8, 4) is 11.8 Å². The molecule has 0 spiro atoms. The molecule has 1 fully saturated rings. The number of nitrogens with zero attached hydrogens (tertiary/aromatic N) is 3. The van der Waals surface area contributed by atoms with E-state index >= 15 is 0 Å². The maximum atomic E-state index is 13.7. The van der Waals surface area contributed by atoms with E-state index in [0.717, 1.165) is 16.5 Å². The maximum Gasteiger partial charge on any atom is 0.241 e. The molecular weight excluding hydrogens is 566 g/mol. The number of rotatable bonds is 11. The predicted molar refractivity (Wildman–Crippen MR) is 160 cm³/mol. The van der Waals surface area contributed by atoms with Gasteiger partial charge < -0.3 is 15.0 Å². The Morgan fingerprint density at radius 2 is 1.86 bits per heavy atom. The first kappa shape index (κ1) is 29.7. The van der Waals surface area contributed by atoms with Crippen LogP contribution in [0.5, 0.6) is 5.75 Å². The average molecular weight is 598 g/mol. The molecule has 4 aromatic rings. The standard InChI is InChI=1S/C32H31N5O5S/c1-42-27-9-7-24-8-10-28(19-25(24)18-27)43(40,41)36-30(31(38)35-15-11-22-5-3-2-4-6-22)29-13-16-37(32(29)39)21-23-12-14-34-26(17-23)20-33/h2-10,12,14,17-19,29-30,36H,11,13,15-16,21H2,1H3,(H,35,38)/t29-,30?/m0/s1. The molecule has 1 aliphatic rings. The van der Waals surface area contributed by atoms with Gasteiger partial charge in [0.2, 0.25) is 21.8 Å². The number of amides is 2. The van der Waals surface area contributed by atoms with Crippen LogP contribution >= 0.6 is 0 Å². The Labute approximate surface area is 250 Å². The number of carbonyl (C=O) groups is 2. The molecule has 1 aliphatic heterocycles. The van der Waals surface area contributed by atoms with Gasteiger partial charge in [0.05, 0.1) is 17.9 Å². The minimum atomic E-state index is -4.21. The summed E-state index contributed by atoms with van der Waals surface area (Å²) in [6.07, 6.45) is 2.33. The zero-order valence-electron chi connectivity index (χ0n) is 23.6. The molecule has 0 bridgehead atoms. The van der Waals surface area contributed by atoms with Crippen LogP contribution in [0, 0.1) is 17.2 Å². The third-order valence-corrected chi connectivity index (χ3v) is 8.94. The van der Waals surface area contributed by atoms with Crippen molar-refractivity contribution < 1.29 is 22.7 Å². The summed E-state index contributed by atoms with van der Waals surface area (Å²) in [5.41, 5.74) is 1.97. The van der Waals surface area contributed by atoms with Gasteiger partial charge in [-0.3, -0.25) is 9.59 Å². The molecule has 1 unspecified atom stereocenters. The first-order valence-electron chi connectivity index (χ1n) is 13.8. The van der Waals surface area contributed by atoms with Gasteiger partial charge >= 0.3 is 0 Å². The molecule has 43 heavy (non-hydrogen) atoms. The molecule has 10 nitrogen and oxygen atoms in total. The van der Waals surface area contributed by atoms with Gasteiger partial charge in [-0.1, -0.05) is 42.5 Å². The van der Waals surface area contributed by atoms with Crippen LogP contribution in [-0.4, -0.2) is 56.4 Å². The van der Waals surface area contributed by atoms with Crippen LogP contribution in [0.15, 0.2) is 90.0 Å². The summed E-state index contributed by atoms with van der Waals surface area (Å²) in [7, 11) is -2.67. The second-order valence-corrected chi connectivity index (χ2v) is 12.0. The first-order valence-corrected chi connectivity index (χ1v) is 15.3. The largest absolute Gasteiger partial charge is 0.497 e. The fourth-order valence-corrected chi connectivity index (χ4v) is 6.49. The number of hydrogen-bond acceptors (Lipinski definition) is 7. The van der Waals surface area contributed by atoms with E-state index in [1.54, 1.807) is 35.2 Å².